The molecule has 1 aliphatic carbocycles. The smallest absolute Gasteiger partial charge is 0.244 e. The maximum Gasteiger partial charge on any atom is 0.244 e. The highest BCUT2D eigenvalue weighted by Crippen LogP contribution is 2.32. The molecule has 1 aliphatic heterocycles. The number of hydrogen-bond donors (Lipinski definition) is 2. The van der Waals surface area contributed by atoms with E-state index in [0.29, 0.717) is 0 Å². The summed E-state index contributed by atoms with van der Waals surface area (Å²) < 4.78 is 5.42. The van der Waals surface area contributed by atoms with Crippen LogP contribution in [-0.4, -0.2) is 18.1 Å². The third-order valence-corrected chi connectivity index (χ3v) is 3.65. The molecule has 2 aliphatic rings. The van der Waals surface area contributed by atoms with Crippen molar-refractivity contribution in [1.29, 1.82) is 0 Å². The van der Waals surface area contributed by atoms with E-state index in [1.165, 1.54) is 0 Å². The Balaban J connectivity index is 0.00000120. The fourth-order valence-electron chi connectivity index (χ4n) is 2.30. The third-order valence-electron chi connectivity index (χ3n) is 3.65. The van der Waals surface area contributed by atoms with Crippen molar-refractivity contribution in [1.82, 2.24) is 0 Å². The Morgan fingerprint density at radius 3 is 2.83 bits per heavy atom. The van der Waals surface area contributed by atoms with Crippen LogP contribution in [0.15, 0.2) is 18.2 Å². The summed E-state index contributed by atoms with van der Waals surface area (Å²) in [6.07, 6.45) is 3.52. The molecule has 1 heterocycles. The molecule has 0 unspecified atom stereocenters. The second-order valence-corrected chi connectivity index (χ2v) is 4.88. The van der Waals surface area contributed by atoms with Crippen LogP contribution in [0.25, 0.3) is 0 Å². The zero-order chi connectivity index (χ0) is 11.9. The normalized spacial score (nSPS) is 18.9. The quantitative estimate of drug-likeness (QED) is 0.861. The number of fused-ring (bicyclic) bond motifs is 1. The number of benzene rings is 1. The van der Waals surface area contributed by atoms with E-state index in [1.54, 1.807) is 0 Å². The maximum absolute atomic E-state index is 11.9. The Morgan fingerprint density at radius 1 is 1.39 bits per heavy atom. The zero-order valence-corrected chi connectivity index (χ0v) is 10.9. The van der Waals surface area contributed by atoms with Gasteiger partial charge in [-0.3, -0.25) is 4.79 Å². The summed E-state index contributed by atoms with van der Waals surface area (Å²) in [6, 6.07) is 5.74. The summed E-state index contributed by atoms with van der Waals surface area (Å²) in [5, 5.41) is 2.89. The number of amides is 1. The van der Waals surface area contributed by atoms with Gasteiger partial charge in [-0.05, 0) is 43.0 Å². The lowest BCUT2D eigenvalue weighted by Gasteiger charge is -2.36. The molecule has 1 saturated carbocycles. The molecule has 1 fully saturated rings. The first-order chi connectivity index (χ1) is 8.17. The topological polar surface area (TPSA) is 64.4 Å². The summed E-state index contributed by atoms with van der Waals surface area (Å²) in [6.45, 7) is 0.730. The number of hydrogen-bond acceptors (Lipinski definition) is 3. The van der Waals surface area contributed by atoms with Crippen LogP contribution in [0.3, 0.4) is 0 Å². The molecule has 1 aromatic carbocycles. The number of ether oxygens (including phenoxy) is 1. The first-order valence-corrected chi connectivity index (χ1v) is 6.03. The molecule has 0 radical (unpaired) electrons. The fraction of sp³-hybridized carbons (Fsp3) is 0.462. The van der Waals surface area contributed by atoms with Gasteiger partial charge < -0.3 is 15.8 Å². The second-order valence-electron chi connectivity index (χ2n) is 4.88. The lowest BCUT2D eigenvalue weighted by molar-refractivity contribution is -0.123. The van der Waals surface area contributed by atoms with E-state index in [-0.39, 0.29) is 18.3 Å². The van der Waals surface area contributed by atoms with E-state index in [1.807, 2.05) is 18.2 Å². The molecule has 1 aromatic rings. The second kappa shape index (κ2) is 4.78. The highest BCUT2D eigenvalue weighted by atomic mass is 35.5. The lowest BCUT2D eigenvalue weighted by atomic mass is 9.77. The summed E-state index contributed by atoms with van der Waals surface area (Å²) in [5.74, 6) is 0.858. The molecular formula is C13H17ClN2O2. The number of halogens is 1. The fourth-order valence-corrected chi connectivity index (χ4v) is 2.30. The van der Waals surface area contributed by atoms with Gasteiger partial charge in [0.05, 0.1) is 12.1 Å². The van der Waals surface area contributed by atoms with Crippen LogP contribution in [0.2, 0.25) is 0 Å². The molecule has 0 aromatic heterocycles. The monoisotopic (exact) mass is 268 g/mol. The third kappa shape index (κ3) is 2.18. The van der Waals surface area contributed by atoms with Gasteiger partial charge in [0.25, 0.3) is 0 Å². The summed E-state index contributed by atoms with van der Waals surface area (Å²) >= 11 is 0. The van der Waals surface area contributed by atoms with Crippen molar-refractivity contribution < 1.29 is 9.53 Å². The van der Waals surface area contributed by atoms with Gasteiger partial charge in [0.15, 0.2) is 0 Å². The van der Waals surface area contributed by atoms with E-state index in [4.69, 9.17) is 10.5 Å². The van der Waals surface area contributed by atoms with Crippen LogP contribution in [0, 0.1) is 0 Å². The van der Waals surface area contributed by atoms with Crippen LogP contribution < -0.4 is 15.8 Å². The summed E-state index contributed by atoms with van der Waals surface area (Å²) in [5.41, 5.74) is 7.30. The Labute approximate surface area is 112 Å². The molecule has 0 saturated heterocycles. The first-order valence-electron chi connectivity index (χ1n) is 6.03. The predicted molar refractivity (Wildman–Crippen MR) is 72.3 cm³/mol. The van der Waals surface area contributed by atoms with E-state index in [2.05, 4.69) is 5.32 Å². The highest BCUT2D eigenvalue weighted by molar-refractivity contribution is 5.98. The van der Waals surface area contributed by atoms with Gasteiger partial charge in [-0.15, -0.1) is 12.4 Å². The minimum Gasteiger partial charge on any atom is -0.493 e. The SMILES string of the molecule is Cl.NC1(C(=O)Nc2ccc3c(c2)CCO3)CCC1. The van der Waals surface area contributed by atoms with Gasteiger partial charge in [-0.2, -0.15) is 0 Å². The lowest BCUT2D eigenvalue weighted by Crippen LogP contribution is -2.56. The standard InChI is InChI=1S/C13H16N2O2.ClH/c14-13(5-1-6-13)12(16)15-10-2-3-11-9(8-10)4-7-17-11;/h2-3,8H,1,4-7,14H2,(H,15,16);1H. The minimum absolute atomic E-state index is 0. The summed E-state index contributed by atoms with van der Waals surface area (Å²) in [7, 11) is 0. The molecular weight excluding hydrogens is 252 g/mol. The van der Waals surface area contributed by atoms with Crippen LogP contribution in [0.5, 0.6) is 5.75 Å². The molecule has 18 heavy (non-hydrogen) atoms. The van der Waals surface area contributed by atoms with Gasteiger partial charge in [0.2, 0.25) is 5.91 Å². The van der Waals surface area contributed by atoms with Crippen molar-refractivity contribution in [3.8, 4) is 5.75 Å². The Bertz CT molecular complexity index is 472. The zero-order valence-electron chi connectivity index (χ0n) is 10.1. The molecule has 0 atom stereocenters. The van der Waals surface area contributed by atoms with Crippen LogP contribution >= 0.6 is 12.4 Å². The van der Waals surface area contributed by atoms with Gasteiger partial charge in [-0.25, -0.2) is 0 Å². The van der Waals surface area contributed by atoms with Crippen molar-refractivity contribution >= 4 is 24.0 Å². The van der Waals surface area contributed by atoms with Crippen molar-refractivity contribution in [2.24, 2.45) is 5.73 Å². The van der Waals surface area contributed by atoms with Crippen LogP contribution in [-0.2, 0) is 11.2 Å². The average Bonchev–Trinajstić information content (AvgIpc) is 2.73. The van der Waals surface area contributed by atoms with Crippen LogP contribution in [0.4, 0.5) is 5.69 Å². The van der Waals surface area contributed by atoms with Gasteiger partial charge in [-0.1, -0.05) is 0 Å². The van der Waals surface area contributed by atoms with Crippen molar-refractivity contribution in [2.75, 3.05) is 11.9 Å². The molecule has 1 amide bonds. The molecule has 0 bridgehead atoms. The van der Waals surface area contributed by atoms with Crippen LogP contribution in [0.1, 0.15) is 24.8 Å². The number of carbonyl (C=O) groups excluding carboxylic acids is 1. The van der Waals surface area contributed by atoms with Crippen molar-refractivity contribution in [3.05, 3.63) is 23.8 Å². The number of carbonyl (C=O) groups is 1. The number of anilines is 1. The van der Waals surface area contributed by atoms with Gasteiger partial charge in [0, 0.05) is 12.1 Å². The minimum atomic E-state index is -0.643. The maximum atomic E-state index is 11.9. The van der Waals surface area contributed by atoms with E-state index >= 15 is 0 Å². The van der Waals surface area contributed by atoms with E-state index in [9.17, 15) is 4.79 Å². The number of rotatable bonds is 2. The molecule has 3 N–H and O–H groups in total. The molecule has 5 heteroatoms. The van der Waals surface area contributed by atoms with Crippen molar-refractivity contribution in [3.63, 3.8) is 0 Å². The van der Waals surface area contributed by atoms with Crippen molar-refractivity contribution in [2.45, 2.75) is 31.2 Å². The Kier molecular flexibility index (Phi) is 3.50. The summed E-state index contributed by atoms with van der Waals surface area (Å²) in [4.78, 5) is 11.9. The van der Waals surface area contributed by atoms with Gasteiger partial charge >= 0.3 is 0 Å². The van der Waals surface area contributed by atoms with E-state index < -0.39 is 5.54 Å². The van der Waals surface area contributed by atoms with Gasteiger partial charge in [0.1, 0.15) is 5.75 Å². The molecule has 98 valence electrons. The van der Waals surface area contributed by atoms with E-state index in [0.717, 1.165) is 49.3 Å². The average molecular weight is 269 g/mol. The molecule has 4 nitrogen and oxygen atoms in total. The Morgan fingerprint density at radius 2 is 2.17 bits per heavy atom. The Hall–Kier alpha value is -1.26. The molecule has 0 spiro atoms. The number of nitrogens with two attached hydrogens (primary N) is 1. The molecule has 3 rings (SSSR count). The largest absolute Gasteiger partial charge is 0.493 e. The first kappa shape index (κ1) is 13.2. The highest BCUT2D eigenvalue weighted by Gasteiger charge is 2.40. The number of nitrogens with one attached hydrogen (secondary N) is 1. The predicted octanol–water partition coefficient (Wildman–Crippen LogP) is 1.86.